The van der Waals surface area contributed by atoms with E-state index < -0.39 is 30.6 Å². The zero-order valence-electron chi connectivity index (χ0n) is 25.7. The number of alkyl halides is 2. The molecule has 250 valence electrons. The Morgan fingerprint density at radius 3 is 2.38 bits per heavy atom. The van der Waals surface area contributed by atoms with Crippen LogP contribution in [0.4, 0.5) is 8.78 Å². The van der Waals surface area contributed by atoms with E-state index in [2.05, 4.69) is 4.74 Å². The number of ether oxygens (including phenoxy) is 3. The summed E-state index contributed by atoms with van der Waals surface area (Å²) >= 11 is 12.7. The summed E-state index contributed by atoms with van der Waals surface area (Å²) in [5.74, 6) is -1.25. The summed E-state index contributed by atoms with van der Waals surface area (Å²) in [7, 11) is 3.21. The molecule has 1 aromatic heterocycles. The van der Waals surface area contributed by atoms with Crippen LogP contribution in [0.3, 0.4) is 0 Å². The number of benzene rings is 2. The molecular formula is C33H33Cl2F2N3O7. The van der Waals surface area contributed by atoms with E-state index in [-0.39, 0.29) is 46.0 Å². The average Bonchev–Trinajstić information content (AvgIpc) is 3.73. The molecule has 5 rings (SSSR count). The summed E-state index contributed by atoms with van der Waals surface area (Å²) in [6.45, 7) is -2.51. The van der Waals surface area contributed by atoms with Gasteiger partial charge in [0.05, 0.1) is 6.61 Å². The standard InChI is InChI=1S/C33H33Cl2F2N3O7/c1-38(2)30(41)21-5-3-6-22(13-21)31(42)40-12-4-7-26(40)32(43)46-28(15-23-24(34)16-39(44)17-25(23)35)20-10-11-27(47-33(36)37)29(14-20)45-18-19-8-9-19/h3,5-6,10-11,13-14,16-17,19,26,28,33H,4,7-9,12,15,18H2,1-2H3/t26-,28-/m0/s1. The van der Waals surface area contributed by atoms with Crippen molar-refractivity contribution in [2.75, 3.05) is 27.2 Å². The maximum absolute atomic E-state index is 13.8. The highest BCUT2D eigenvalue weighted by atomic mass is 35.5. The van der Waals surface area contributed by atoms with Gasteiger partial charge in [-0.3, -0.25) is 9.59 Å². The molecule has 2 heterocycles. The van der Waals surface area contributed by atoms with Crippen molar-refractivity contribution in [3.63, 3.8) is 0 Å². The van der Waals surface area contributed by atoms with Gasteiger partial charge in [-0.2, -0.15) is 13.5 Å². The van der Waals surface area contributed by atoms with E-state index in [1.807, 2.05) is 0 Å². The van der Waals surface area contributed by atoms with Gasteiger partial charge in [-0.05, 0) is 67.5 Å². The molecule has 2 aromatic carbocycles. The van der Waals surface area contributed by atoms with Gasteiger partial charge in [0.25, 0.3) is 11.8 Å². The van der Waals surface area contributed by atoms with E-state index in [0.717, 1.165) is 25.2 Å². The average molecular weight is 693 g/mol. The molecule has 2 aliphatic rings. The van der Waals surface area contributed by atoms with Crippen LogP contribution in [0, 0.1) is 11.1 Å². The van der Waals surface area contributed by atoms with Gasteiger partial charge in [0.15, 0.2) is 23.9 Å². The minimum absolute atomic E-state index is 0.0289. The molecule has 0 bridgehead atoms. The minimum atomic E-state index is -3.09. The highest BCUT2D eigenvalue weighted by Crippen LogP contribution is 2.38. The highest BCUT2D eigenvalue weighted by molar-refractivity contribution is 6.35. The fourth-order valence-electron chi connectivity index (χ4n) is 5.34. The third kappa shape index (κ3) is 8.41. The second-order valence-electron chi connectivity index (χ2n) is 11.7. The lowest BCUT2D eigenvalue weighted by Crippen LogP contribution is -2.42. The quantitative estimate of drug-likeness (QED) is 0.133. The Morgan fingerprint density at radius 1 is 1.02 bits per heavy atom. The summed E-state index contributed by atoms with van der Waals surface area (Å²) in [5, 5.41) is 12.0. The number of halogens is 4. The van der Waals surface area contributed by atoms with E-state index in [9.17, 15) is 28.4 Å². The molecule has 2 atom stereocenters. The molecule has 0 unspecified atom stereocenters. The van der Waals surface area contributed by atoms with Crippen LogP contribution in [0.5, 0.6) is 11.5 Å². The first-order chi connectivity index (χ1) is 22.4. The van der Waals surface area contributed by atoms with Crippen molar-refractivity contribution in [2.45, 2.75) is 50.9 Å². The van der Waals surface area contributed by atoms with Crippen LogP contribution in [0.1, 0.15) is 63.6 Å². The molecule has 10 nitrogen and oxygen atoms in total. The third-order valence-electron chi connectivity index (χ3n) is 7.98. The van der Waals surface area contributed by atoms with Gasteiger partial charge in [0.1, 0.15) is 22.2 Å². The Kier molecular flexibility index (Phi) is 10.7. The number of hydrogen-bond acceptors (Lipinski definition) is 7. The lowest BCUT2D eigenvalue weighted by atomic mass is 10.0. The van der Waals surface area contributed by atoms with Crippen LogP contribution < -0.4 is 14.2 Å². The fraction of sp³-hybridized carbons (Fsp3) is 0.394. The molecule has 2 amide bonds. The summed E-state index contributed by atoms with van der Waals surface area (Å²) < 4.78 is 43.4. The fourth-order valence-corrected chi connectivity index (χ4v) is 5.94. The van der Waals surface area contributed by atoms with Gasteiger partial charge in [-0.1, -0.05) is 35.3 Å². The van der Waals surface area contributed by atoms with E-state index in [4.69, 9.17) is 32.7 Å². The predicted octanol–water partition coefficient (Wildman–Crippen LogP) is 5.85. The van der Waals surface area contributed by atoms with Crippen LogP contribution >= 0.6 is 23.2 Å². The summed E-state index contributed by atoms with van der Waals surface area (Å²) in [6.07, 6.45) is 3.83. The number of aromatic nitrogens is 1. The monoisotopic (exact) mass is 691 g/mol. The number of nitrogens with zero attached hydrogens (tertiary/aromatic N) is 3. The van der Waals surface area contributed by atoms with Gasteiger partial charge in [-0.25, -0.2) is 4.79 Å². The van der Waals surface area contributed by atoms with E-state index in [0.29, 0.717) is 46.8 Å². The largest absolute Gasteiger partial charge is 0.619 e. The number of pyridine rings is 1. The van der Waals surface area contributed by atoms with Crippen LogP contribution in [0.25, 0.3) is 0 Å². The van der Waals surface area contributed by atoms with Gasteiger partial charge < -0.3 is 29.2 Å². The molecule has 47 heavy (non-hydrogen) atoms. The number of amides is 2. The predicted molar refractivity (Wildman–Crippen MR) is 168 cm³/mol. The molecule has 1 aliphatic heterocycles. The number of hydrogen-bond donors (Lipinski definition) is 0. The number of likely N-dealkylation sites (tertiary alicyclic amines) is 1. The third-order valence-corrected chi connectivity index (χ3v) is 8.63. The maximum atomic E-state index is 13.8. The summed E-state index contributed by atoms with van der Waals surface area (Å²) in [4.78, 5) is 42.7. The van der Waals surface area contributed by atoms with Crippen LogP contribution in [0.2, 0.25) is 10.0 Å². The van der Waals surface area contributed by atoms with Gasteiger partial charge in [0, 0.05) is 43.8 Å². The molecular weight excluding hydrogens is 659 g/mol. The highest BCUT2D eigenvalue weighted by Gasteiger charge is 2.38. The van der Waals surface area contributed by atoms with Gasteiger partial charge in [-0.15, -0.1) is 0 Å². The van der Waals surface area contributed by atoms with Gasteiger partial charge in [0.2, 0.25) is 0 Å². The van der Waals surface area contributed by atoms with E-state index in [1.54, 1.807) is 32.3 Å². The Bertz CT molecular complexity index is 1630. The lowest BCUT2D eigenvalue weighted by Gasteiger charge is -2.27. The SMILES string of the molecule is CN(C)C(=O)c1cccc(C(=O)N2CCC[C@H]2C(=O)O[C@@H](Cc2c(Cl)c[n+]([O-])cc2Cl)c2ccc(OC(F)F)c(OCC3CC3)c2)c1. The maximum Gasteiger partial charge on any atom is 0.387 e. The van der Waals surface area contributed by atoms with Crippen molar-refractivity contribution >= 4 is 41.0 Å². The zero-order chi connectivity index (χ0) is 33.8. The molecule has 2 fully saturated rings. The second kappa shape index (κ2) is 14.7. The first kappa shape index (κ1) is 34.2. The summed E-state index contributed by atoms with van der Waals surface area (Å²) in [6, 6.07) is 9.55. The molecule has 0 spiro atoms. The molecule has 1 saturated heterocycles. The molecule has 0 N–H and O–H groups in total. The molecule has 14 heteroatoms. The van der Waals surface area contributed by atoms with E-state index >= 15 is 0 Å². The molecule has 0 radical (unpaired) electrons. The Balaban J connectivity index is 1.44. The van der Waals surface area contributed by atoms with Crippen molar-refractivity contribution in [1.29, 1.82) is 0 Å². The topological polar surface area (TPSA) is 112 Å². The number of esters is 1. The van der Waals surface area contributed by atoms with Crippen molar-refractivity contribution < 1.29 is 42.1 Å². The lowest BCUT2D eigenvalue weighted by molar-refractivity contribution is -0.605. The van der Waals surface area contributed by atoms with Gasteiger partial charge >= 0.3 is 12.6 Å². The first-order valence-electron chi connectivity index (χ1n) is 15.0. The minimum Gasteiger partial charge on any atom is -0.619 e. The normalized spacial score (nSPS) is 16.6. The smallest absolute Gasteiger partial charge is 0.387 e. The van der Waals surface area contributed by atoms with Crippen LogP contribution in [0.15, 0.2) is 54.9 Å². The Morgan fingerprint density at radius 2 is 1.72 bits per heavy atom. The zero-order valence-corrected chi connectivity index (χ0v) is 27.2. The van der Waals surface area contributed by atoms with Crippen LogP contribution in [-0.2, 0) is 16.0 Å². The number of carbonyl (C=O) groups excluding carboxylic acids is 3. The second-order valence-corrected chi connectivity index (χ2v) is 12.5. The molecule has 1 saturated carbocycles. The number of carbonyl (C=O) groups is 3. The van der Waals surface area contributed by atoms with Crippen molar-refractivity contribution in [2.24, 2.45) is 5.92 Å². The summed E-state index contributed by atoms with van der Waals surface area (Å²) in [5.41, 5.74) is 1.25. The van der Waals surface area contributed by atoms with Crippen molar-refractivity contribution in [1.82, 2.24) is 9.80 Å². The molecule has 1 aliphatic carbocycles. The first-order valence-corrected chi connectivity index (χ1v) is 15.8. The van der Waals surface area contributed by atoms with Crippen molar-refractivity contribution in [3.05, 3.63) is 92.4 Å². The van der Waals surface area contributed by atoms with E-state index in [1.165, 1.54) is 34.1 Å². The van der Waals surface area contributed by atoms with Crippen molar-refractivity contribution in [3.8, 4) is 11.5 Å². The Hall–Kier alpha value is -4.16. The van der Waals surface area contributed by atoms with Crippen LogP contribution in [-0.4, -0.2) is 67.5 Å². The number of rotatable bonds is 12. The Labute approximate surface area is 280 Å². The molecule has 3 aromatic rings.